The van der Waals surface area contributed by atoms with Crippen LogP contribution in [0.1, 0.15) is 15.9 Å². The molecule has 0 aliphatic carbocycles. The summed E-state index contributed by atoms with van der Waals surface area (Å²) in [6, 6.07) is 25.3. The number of carbonyl (C=O) groups is 2. The Kier molecular flexibility index (Phi) is 5.54. The molecule has 0 amide bonds. The van der Waals surface area contributed by atoms with E-state index in [1.165, 1.54) is 0 Å². The van der Waals surface area contributed by atoms with Gasteiger partial charge < -0.3 is 10.1 Å². The largest absolute Gasteiger partial charge is 0.423 e. The molecule has 0 fully saturated rings. The zero-order valence-corrected chi connectivity index (χ0v) is 16.1. The fourth-order valence-electron chi connectivity index (χ4n) is 2.67. The molecule has 1 aliphatic heterocycles. The number of hydrogen-bond donors (Lipinski definition) is 1. The van der Waals surface area contributed by atoms with E-state index in [0.717, 1.165) is 23.0 Å². The number of aliphatic imine (C=N–C) groups is 1. The van der Waals surface area contributed by atoms with E-state index in [1.807, 2.05) is 42.5 Å². The van der Waals surface area contributed by atoms with Crippen molar-refractivity contribution in [2.24, 2.45) is 4.99 Å². The molecule has 1 N–H and O–H groups in total. The van der Waals surface area contributed by atoms with E-state index in [-0.39, 0.29) is 5.12 Å². The standard InChI is InChI=1S/C23H16N2O3S/c26-21(17-9-3-1-4-10-17)28-19-13-7-8-16(14-19)15-20-22(27)29-23(25-20)24-18-11-5-2-6-12-18/h1-15H,(H,24,25)/b20-15+. The zero-order valence-electron chi connectivity index (χ0n) is 15.2. The maximum Gasteiger partial charge on any atom is 0.343 e. The SMILES string of the molecule is O=C1SC(Nc2ccccc2)=N/C1=C/c1cccc(OC(=O)c2ccccc2)c1. The van der Waals surface area contributed by atoms with Crippen molar-refractivity contribution >= 4 is 39.8 Å². The smallest absolute Gasteiger partial charge is 0.343 e. The van der Waals surface area contributed by atoms with Crippen molar-refractivity contribution in [2.75, 3.05) is 5.32 Å². The molecule has 0 atom stereocenters. The molecule has 0 spiro atoms. The average molecular weight is 400 g/mol. The molecule has 0 radical (unpaired) electrons. The van der Waals surface area contributed by atoms with Gasteiger partial charge in [0.2, 0.25) is 5.12 Å². The van der Waals surface area contributed by atoms with Gasteiger partial charge in [-0.15, -0.1) is 0 Å². The van der Waals surface area contributed by atoms with Crippen molar-refractivity contribution in [1.29, 1.82) is 0 Å². The summed E-state index contributed by atoms with van der Waals surface area (Å²) in [6.07, 6.45) is 1.68. The highest BCUT2D eigenvalue weighted by molar-refractivity contribution is 8.27. The van der Waals surface area contributed by atoms with Gasteiger partial charge in [0.15, 0.2) is 5.17 Å². The van der Waals surface area contributed by atoms with Gasteiger partial charge in [0.05, 0.1) is 5.56 Å². The van der Waals surface area contributed by atoms with Crippen LogP contribution in [0.2, 0.25) is 0 Å². The Morgan fingerprint density at radius 1 is 0.931 bits per heavy atom. The summed E-state index contributed by atoms with van der Waals surface area (Å²) < 4.78 is 5.43. The molecule has 0 aromatic heterocycles. The minimum atomic E-state index is -0.435. The quantitative estimate of drug-likeness (QED) is 0.380. The number of ether oxygens (including phenoxy) is 1. The van der Waals surface area contributed by atoms with E-state index in [2.05, 4.69) is 10.3 Å². The molecular weight excluding hydrogens is 384 g/mol. The number of thioether (sulfide) groups is 1. The number of esters is 1. The maximum absolute atomic E-state index is 12.3. The second-order valence-electron chi connectivity index (χ2n) is 6.16. The number of para-hydroxylation sites is 1. The molecule has 6 heteroatoms. The van der Waals surface area contributed by atoms with E-state index in [0.29, 0.717) is 22.2 Å². The summed E-state index contributed by atoms with van der Waals surface area (Å²) >= 11 is 1.05. The highest BCUT2D eigenvalue weighted by atomic mass is 32.2. The van der Waals surface area contributed by atoms with Gasteiger partial charge in [-0.3, -0.25) is 4.79 Å². The van der Waals surface area contributed by atoms with Crippen molar-refractivity contribution in [3.63, 3.8) is 0 Å². The molecule has 0 bridgehead atoms. The monoisotopic (exact) mass is 400 g/mol. The Morgan fingerprint density at radius 2 is 1.66 bits per heavy atom. The summed E-state index contributed by atoms with van der Waals surface area (Å²) in [5, 5.41) is 3.51. The molecule has 0 saturated carbocycles. The normalized spacial score (nSPS) is 14.6. The third-order valence-electron chi connectivity index (χ3n) is 4.03. The van der Waals surface area contributed by atoms with Crippen molar-refractivity contribution in [3.05, 3.63) is 102 Å². The van der Waals surface area contributed by atoms with Crippen molar-refractivity contribution < 1.29 is 14.3 Å². The number of rotatable bonds is 4. The molecule has 0 unspecified atom stereocenters. The third kappa shape index (κ3) is 4.80. The highest BCUT2D eigenvalue weighted by Crippen LogP contribution is 2.27. The number of nitrogens with zero attached hydrogens (tertiary/aromatic N) is 1. The van der Waals surface area contributed by atoms with E-state index in [1.54, 1.807) is 48.5 Å². The van der Waals surface area contributed by atoms with Crippen LogP contribution in [0.5, 0.6) is 5.75 Å². The lowest BCUT2D eigenvalue weighted by Gasteiger charge is -2.05. The van der Waals surface area contributed by atoms with E-state index >= 15 is 0 Å². The lowest BCUT2D eigenvalue weighted by molar-refractivity contribution is -0.107. The van der Waals surface area contributed by atoms with Gasteiger partial charge in [-0.1, -0.05) is 48.5 Å². The summed E-state index contributed by atoms with van der Waals surface area (Å²) in [5.74, 6) is -0.0341. The predicted molar refractivity (Wildman–Crippen MR) is 116 cm³/mol. The predicted octanol–water partition coefficient (Wildman–Crippen LogP) is 4.99. The van der Waals surface area contributed by atoms with Crippen LogP contribution in [0.3, 0.4) is 0 Å². The highest BCUT2D eigenvalue weighted by Gasteiger charge is 2.22. The minimum Gasteiger partial charge on any atom is -0.423 e. The Bertz CT molecular complexity index is 1110. The first-order chi connectivity index (χ1) is 14.2. The lowest BCUT2D eigenvalue weighted by atomic mass is 10.2. The molecular formula is C23H16N2O3S. The second kappa shape index (κ2) is 8.58. The van der Waals surface area contributed by atoms with Gasteiger partial charge in [0.25, 0.3) is 0 Å². The number of nitrogens with one attached hydrogen (secondary N) is 1. The fraction of sp³-hybridized carbons (Fsp3) is 0. The fourth-order valence-corrected chi connectivity index (χ4v) is 3.37. The van der Waals surface area contributed by atoms with Gasteiger partial charge in [-0.2, -0.15) is 0 Å². The summed E-state index contributed by atoms with van der Waals surface area (Å²) in [6.45, 7) is 0. The van der Waals surface area contributed by atoms with E-state index < -0.39 is 5.97 Å². The minimum absolute atomic E-state index is 0.143. The molecule has 0 saturated heterocycles. The molecule has 3 aromatic carbocycles. The summed E-state index contributed by atoms with van der Waals surface area (Å²) in [5.41, 5.74) is 2.39. The molecule has 29 heavy (non-hydrogen) atoms. The van der Waals surface area contributed by atoms with Crippen molar-refractivity contribution in [1.82, 2.24) is 0 Å². The van der Waals surface area contributed by atoms with Gasteiger partial charge >= 0.3 is 5.97 Å². The average Bonchev–Trinajstić information content (AvgIpc) is 3.08. The van der Waals surface area contributed by atoms with Gasteiger partial charge in [-0.05, 0) is 59.8 Å². The second-order valence-corrected chi connectivity index (χ2v) is 7.12. The van der Waals surface area contributed by atoms with Crippen LogP contribution in [0.25, 0.3) is 6.08 Å². The molecule has 4 rings (SSSR count). The van der Waals surface area contributed by atoms with Crippen LogP contribution in [-0.4, -0.2) is 16.3 Å². The number of amidine groups is 1. The Morgan fingerprint density at radius 3 is 2.41 bits per heavy atom. The Hall–Kier alpha value is -3.64. The molecule has 3 aromatic rings. The summed E-state index contributed by atoms with van der Waals surface area (Å²) in [7, 11) is 0. The maximum atomic E-state index is 12.3. The molecule has 5 nitrogen and oxygen atoms in total. The van der Waals surface area contributed by atoms with Crippen LogP contribution < -0.4 is 10.1 Å². The number of benzene rings is 3. The van der Waals surface area contributed by atoms with E-state index in [9.17, 15) is 9.59 Å². The van der Waals surface area contributed by atoms with Gasteiger partial charge in [0, 0.05) is 5.69 Å². The Labute approximate surface area is 172 Å². The number of carbonyl (C=O) groups excluding carboxylic acids is 2. The van der Waals surface area contributed by atoms with Crippen LogP contribution >= 0.6 is 11.8 Å². The lowest BCUT2D eigenvalue weighted by Crippen LogP contribution is -2.08. The first-order valence-electron chi connectivity index (χ1n) is 8.89. The van der Waals surface area contributed by atoms with Crippen LogP contribution in [0.4, 0.5) is 5.69 Å². The van der Waals surface area contributed by atoms with Gasteiger partial charge in [0.1, 0.15) is 11.4 Å². The first kappa shape index (κ1) is 18.7. The number of anilines is 1. The summed E-state index contributed by atoms with van der Waals surface area (Å²) in [4.78, 5) is 28.9. The van der Waals surface area contributed by atoms with Crippen molar-refractivity contribution in [2.45, 2.75) is 0 Å². The molecule has 1 aliphatic rings. The third-order valence-corrected chi connectivity index (χ3v) is 4.81. The molecule has 142 valence electrons. The zero-order chi connectivity index (χ0) is 20.1. The van der Waals surface area contributed by atoms with E-state index in [4.69, 9.17) is 4.74 Å². The van der Waals surface area contributed by atoms with Crippen LogP contribution in [0.15, 0.2) is 95.6 Å². The van der Waals surface area contributed by atoms with Gasteiger partial charge in [-0.25, -0.2) is 9.79 Å². The van der Waals surface area contributed by atoms with Crippen LogP contribution in [0, 0.1) is 0 Å². The Balaban J connectivity index is 1.50. The number of hydrogen-bond acceptors (Lipinski definition) is 6. The van der Waals surface area contributed by atoms with Crippen molar-refractivity contribution in [3.8, 4) is 5.75 Å². The first-order valence-corrected chi connectivity index (χ1v) is 9.71. The van der Waals surface area contributed by atoms with Crippen LogP contribution in [-0.2, 0) is 4.79 Å². The molecule has 1 heterocycles. The topological polar surface area (TPSA) is 67.8 Å².